The number of nitriles is 1. The lowest BCUT2D eigenvalue weighted by Gasteiger charge is -2.08. The molecule has 0 bridgehead atoms. The molecule has 2 N–H and O–H groups in total. The summed E-state index contributed by atoms with van der Waals surface area (Å²) in [5.41, 5.74) is -0.652. The van der Waals surface area contributed by atoms with Crippen molar-refractivity contribution in [3.05, 3.63) is 41.6 Å². The largest absolute Gasteiger partial charge is 0.416 e. The Morgan fingerprint density at radius 2 is 2.00 bits per heavy atom. The lowest BCUT2D eigenvalue weighted by Crippen LogP contribution is -2.28. The molecule has 0 radical (unpaired) electrons. The summed E-state index contributed by atoms with van der Waals surface area (Å²) in [6.45, 7) is 0.547. The molecule has 5 nitrogen and oxygen atoms in total. The van der Waals surface area contributed by atoms with E-state index in [9.17, 15) is 18.0 Å². The minimum Gasteiger partial charge on any atom is -0.383 e. The number of benzene rings is 1. The summed E-state index contributed by atoms with van der Waals surface area (Å²) in [6, 6.07) is 5.92. The SMILES string of the molecule is COCCNC(=O)/C(C#N)=C\Nc1ccc(C(F)(F)F)cc1. The lowest BCUT2D eigenvalue weighted by atomic mass is 10.2. The summed E-state index contributed by atoms with van der Waals surface area (Å²) >= 11 is 0. The quantitative estimate of drug-likeness (QED) is 0.480. The van der Waals surface area contributed by atoms with Crippen molar-refractivity contribution >= 4 is 11.6 Å². The van der Waals surface area contributed by atoms with Crippen molar-refractivity contribution in [1.29, 1.82) is 5.26 Å². The molecule has 8 heteroatoms. The van der Waals surface area contributed by atoms with E-state index in [2.05, 4.69) is 10.6 Å². The zero-order valence-corrected chi connectivity index (χ0v) is 11.7. The summed E-state index contributed by atoms with van der Waals surface area (Å²) in [5.74, 6) is -0.598. The fourth-order valence-electron chi connectivity index (χ4n) is 1.42. The number of rotatable bonds is 6. The van der Waals surface area contributed by atoms with Crippen LogP contribution in [0, 0.1) is 11.3 Å². The number of nitrogens with zero attached hydrogens (tertiary/aromatic N) is 1. The first kappa shape index (κ1) is 17.5. The average molecular weight is 313 g/mol. The van der Waals surface area contributed by atoms with Crippen LogP contribution in [-0.2, 0) is 15.7 Å². The van der Waals surface area contributed by atoms with Gasteiger partial charge in [-0.1, -0.05) is 0 Å². The number of amides is 1. The first-order valence-electron chi connectivity index (χ1n) is 6.19. The van der Waals surface area contributed by atoms with Gasteiger partial charge in [0.1, 0.15) is 11.6 Å². The molecule has 0 spiro atoms. The first-order valence-corrected chi connectivity index (χ1v) is 6.19. The maximum absolute atomic E-state index is 12.4. The second kappa shape index (κ2) is 8.05. The Hall–Kier alpha value is -2.53. The predicted molar refractivity (Wildman–Crippen MR) is 73.6 cm³/mol. The maximum atomic E-state index is 12.4. The molecule has 0 saturated carbocycles. The molecule has 0 aromatic heterocycles. The van der Waals surface area contributed by atoms with Crippen molar-refractivity contribution in [1.82, 2.24) is 5.32 Å². The third-order valence-corrected chi connectivity index (χ3v) is 2.55. The number of alkyl halides is 3. The summed E-state index contributed by atoms with van der Waals surface area (Å²) in [4.78, 5) is 11.6. The Kier molecular flexibility index (Phi) is 6.41. The smallest absolute Gasteiger partial charge is 0.383 e. The summed E-state index contributed by atoms with van der Waals surface area (Å²) in [6.07, 6.45) is -3.28. The fourth-order valence-corrected chi connectivity index (χ4v) is 1.42. The molecule has 22 heavy (non-hydrogen) atoms. The number of hydrogen-bond donors (Lipinski definition) is 2. The van der Waals surface area contributed by atoms with Crippen molar-refractivity contribution in [2.75, 3.05) is 25.6 Å². The zero-order chi connectivity index (χ0) is 16.6. The molecule has 1 amide bonds. The average Bonchev–Trinajstić information content (AvgIpc) is 2.47. The molecule has 0 unspecified atom stereocenters. The van der Waals surface area contributed by atoms with Gasteiger partial charge in [0.15, 0.2) is 0 Å². The number of carbonyl (C=O) groups excluding carboxylic acids is 1. The summed E-state index contributed by atoms with van der Waals surface area (Å²) in [7, 11) is 1.47. The van der Waals surface area contributed by atoms with E-state index in [-0.39, 0.29) is 12.1 Å². The van der Waals surface area contributed by atoms with Crippen LogP contribution in [0.2, 0.25) is 0 Å². The first-order chi connectivity index (χ1) is 10.4. The van der Waals surface area contributed by atoms with Gasteiger partial charge >= 0.3 is 6.18 Å². The van der Waals surface area contributed by atoms with Crippen LogP contribution in [0.1, 0.15) is 5.56 Å². The third kappa shape index (κ3) is 5.46. The van der Waals surface area contributed by atoms with Crippen LogP contribution >= 0.6 is 0 Å². The molecule has 0 atom stereocenters. The van der Waals surface area contributed by atoms with Gasteiger partial charge in [-0.25, -0.2) is 0 Å². The number of halogens is 3. The van der Waals surface area contributed by atoms with Crippen molar-refractivity contribution < 1.29 is 22.7 Å². The van der Waals surface area contributed by atoms with Crippen LogP contribution in [0.15, 0.2) is 36.0 Å². The monoisotopic (exact) mass is 313 g/mol. The maximum Gasteiger partial charge on any atom is 0.416 e. The normalized spacial score (nSPS) is 11.7. The standard InChI is InChI=1S/C14H14F3N3O2/c1-22-7-6-19-13(21)10(8-18)9-20-12-4-2-11(3-5-12)14(15,16)17/h2-5,9,20H,6-7H2,1H3,(H,19,21)/b10-9-. The van der Waals surface area contributed by atoms with Crippen LogP contribution < -0.4 is 10.6 Å². The molecular weight excluding hydrogens is 299 g/mol. The Morgan fingerprint density at radius 3 is 2.50 bits per heavy atom. The van der Waals surface area contributed by atoms with Gasteiger partial charge < -0.3 is 15.4 Å². The van der Waals surface area contributed by atoms with Gasteiger partial charge in [-0.05, 0) is 24.3 Å². The minimum atomic E-state index is -4.41. The Bertz CT molecular complexity index is 574. The van der Waals surface area contributed by atoms with E-state index in [0.717, 1.165) is 18.3 Å². The molecule has 0 saturated heterocycles. The topological polar surface area (TPSA) is 74.1 Å². The highest BCUT2D eigenvalue weighted by molar-refractivity contribution is 5.97. The number of methoxy groups -OCH3 is 1. The highest BCUT2D eigenvalue weighted by atomic mass is 19.4. The molecule has 1 aromatic carbocycles. The Labute approximate surface area is 125 Å². The third-order valence-electron chi connectivity index (χ3n) is 2.55. The lowest BCUT2D eigenvalue weighted by molar-refractivity contribution is -0.137. The molecule has 1 rings (SSSR count). The Balaban J connectivity index is 2.68. The van der Waals surface area contributed by atoms with Crippen molar-refractivity contribution in [2.24, 2.45) is 0 Å². The molecule has 118 valence electrons. The van der Waals surface area contributed by atoms with E-state index >= 15 is 0 Å². The molecule has 0 aliphatic rings. The van der Waals surface area contributed by atoms with Crippen LogP contribution in [-0.4, -0.2) is 26.2 Å². The predicted octanol–water partition coefficient (Wildman–Crippen LogP) is 2.29. The number of hydrogen-bond acceptors (Lipinski definition) is 4. The van der Waals surface area contributed by atoms with Gasteiger partial charge in [-0.2, -0.15) is 18.4 Å². The minimum absolute atomic E-state index is 0.198. The van der Waals surface area contributed by atoms with Gasteiger partial charge in [0.2, 0.25) is 0 Å². The highest BCUT2D eigenvalue weighted by Gasteiger charge is 2.29. The fraction of sp³-hybridized carbons (Fsp3) is 0.286. The number of carbonyl (C=O) groups is 1. The van der Waals surface area contributed by atoms with Crippen LogP contribution in [0.4, 0.5) is 18.9 Å². The molecule has 0 aliphatic heterocycles. The van der Waals surface area contributed by atoms with Crippen LogP contribution in [0.5, 0.6) is 0 Å². The van der Waals surface area contributed by atoms with Gasteiger partial charge in [-0.3, -0.25) is 4.79 Å². The van der Waals surface area contributed by atoms with Gasteiger partial charge in [0, 0.05) is 25.5 Å². The summed E-state index contributed by atoms with van der Waals surface area (Å²) in [5, 5.41) is 13.9. The Morgan fingerprint density at radius 1 is 1.36 bits per heavy atom. The van der Waals surface area contributed by atoms with E-state index in [1.54, 1.807) is 6.07 Å². The molecular formula is C14H14F3N3O2. The van der Waals surface area contributed by atoms with Crippen molar-refractivity contribution in [3.63, 3.8) is 0 Å². The number of nitrogens with one attached hydrogen (secondary N) is 2. The van der Waals surface area contributed by atoms with E-state index in [1.165, 1.54) is 19.2 Å². The van der Waals surface area contributed by atoms with Gasteiger partial charge in [-0.15, -0.1) is 0 Å². The second-order valence-electron chi connectivity index (χ2n) is 4.14. The van der Waals surface area contributed by atoms with E-state index in [1.807, 2.05) is 0 Å². The molecule has 0 heterocycles. The van der Waals surface area contributed by atoms with Crippen molar-refractivity contribution in [3.8, 4) is 6.07 Å². The van der Waals surface area contributed by atoms with Crippen LogP contribution in [0.25, 0.3) is 0 Å². The number of anilines is 1. The van der Waals surface area contributed by atoms with Crippen LogP contribution in [0.3, 0.4) is 0 Å². The van der Waals surface area contributed by atoms with Gasteiger partial charge in [0.05, 0.1) is 12.2 Å². The number of ether oxygens (including phenoxy) is 1. The van der Waals surface area contributed by atoms with E-state index in [4.69, 9.17) is 10.00 Å². The second-order valence-corrected chi connectivity index (χ2v) is 4.14. The summed E-state index contributed by atoms with van der Waals surface area (Å²) < 4.78 is 42.0. The molecule has 1 aromatic rings. The van der Waals surface area contributed by atoms with Crippen molar-refractivity contribution in [2.45, 2.75) is 6.18 Å². The van der Waals surface area contributed by atoms with Gasteiger partial charge in [0.25, 0.3) is 5.91 Å². The molecule has 0 aliphatic carbocycles. The highest BCUT2D eigenvalue weighted by Crippen LogP contribution is 2.29. The van der Waals surface area contributed by atoms with E-state index in [0.29, 0.717) is 12.3 Å². The zero-order valence-electron chi connectivity index (χ0n) is 11.7. The molecule has 0 fully saturated rings. The van der Waals surface area contributed by atoms with E-state index < -0.39 is 17.6 Å².